The molecule has 0 aromatic heterocycles. The summed E-state index contributed by atoms with van der Waals surface area (Å²) < 4.78 is 19.1. The first-order valence-electron chi connectivity index (χ1n) is 6.30. The Hall–Kier alpha value is -2.55. The van der Waals surface area contributed by atoms with Crippen LogP contribution in [0.15, 0.2) is 54.6 Å². The maximum absolute atomic E-state index is 14.1. The van der Waals surface area contributed by atoms with Crippen LogP contribution in [0.5, 0.6) is 5.75 Å². The Labute approximate surface area is 116 Å². The van der Waals surface area contributed by atoms with Gasteiger partial charge >= 0.3 is 0 Å². The van der Waals surface area contributed by atoms with Crippen LogP contribution in [0, 0.1) is 5.82 Å². The van der Waals surface area contributed by atoms with Crippen LogP contribution >= 0.6 is 0 Å². The van der Waals surface area contributed by atoms with E-state index in [4.69, 9.17) is 10.5 Å². The monoisotopic (exact) mass is 267 g/mol. The lowest BCUT2D eigenvalue weighted by atomic mass is 10.0. The fourth-order valence-electron chi connectivity index (χ4n) is 2.29. The lowest BCUT2D eigenvalue weighted by Gasteiger charge is -2.07. The first kappa shape index (κ1) is 12.5. The number of nitrogens with two attached hydrogens (primary N) is 1. The summed E-state index contributed by atoms with van der Waals surface area (Å²) in [7, 11) is 1.52. The molecule has 0 aliphatic heterocycles. The third-order valence-corrected chi connectivity index (χ3v) is 3.35. The highest BCUT2D eigenvalue weighted by atomic mass is 19.1. The van der Waals surface area contributed by atoms with E-state index < -0.39 is 0 Å². The molecule has 3 heteroatoms. The van der Waals surface area contributed by atoms with Crippen molar-refractivity contribution in [3.05, 3.63) is 60.4 Å². The summed E-state index contributed by atoms with van der Waals surface area (Å²) in [6.07, 6.45) is 0. The first-order valence-corrected chi connectivity index (χ1v) is 6.30. The van der Waals surface area contributed by atoms with Gasteiger partial charge in [0, 0.05) is 17.3 Å². The lowest BCUT2D eigenvalue weighted by Crippen LogP contribution is -1.89. The molecule has 0 radical (unpaired) electrons. The molecule has 0 aliphatic rings. The highest BCUT2D eigenvalue weighted by Gasteiger charge is 2.07. The van der Waals surface area contributed by atoms with Crippen LogP contribution in [0.1, 0.15) is 0 Å². The van der Waals surface area contributed by atoms with Crippen molar-refractivity contribution in [2.24, 2.45) is 0 Å². The van der Waals surface area contributed by atoms with Crippen LogP contribution < -0.4 is 10.5 Å². The summed E-state index contributed by atoms with van der Waals surface area (Å²) in [5.74, 6) is 0.221. The number of benzene rings is 3. The van der Waals surface area contributed by atoms with Gasteiger partial charge < -0.3 is 10.5 Å². The average Bonchev–Trinajstić information content (AvgIpc) is 2.46. The van der Waals surface area contributed by atoms with Gasteiger partial charge in [-0.3, -0.25) is 0 Å². The standard InChI is InChI=1S/C17H14FNO/c1-20-15-6-7-16(17(18)10-15)13-3-2-12-9-14(19)5-4-11(12)8-13/h2-10H,19H2,1H3. The van der Waals surface area contributed by atoms with E-state index in [0.29, 0.717) is 11.3 Å². The molecule has 0 saturated carbocycles. The van der Waals surface area contributed by atoms with Crippen molar-refractivity contribution < 1.29 is 9.13 Å². The number of hydrogen-bond acceptors (Lipinski definition) is 2. The van der Waals surface area contributed by atoms with Gasteiger partial charge in [-0.05, 0) is 46.7 Å². The van der Waals surface area contributed by atoms with Gasteiger partial charge in [-0.1, -0.05) is 18.2 Å². The van der Waals surface area contributed by atoms with Gasteiger partial charge in [-0.2, -0.15) is 0 Å². The molecule has 0 atom stereocenters. The Morgan fingerprint density at radius 1 is 0.900 bits per heavy atom. The van der Waals surface area contributed by atoms with Gasteiger partial charge in [-0.25, -0.2) is 4.39 Å². The Morgan fingerprint density at radius 3 is 2.40 bits per heavy atom. The molecule has 0 spiro atoms. The van der Waals surface area contributed by atoms with Gasteiger partial charge in [0.05, 0.1) is 7.11 Å². The van der Waals surface area contributed by atoms with E-state index in [9.17, 15) is 4.39 Å². The van der Waals surface area contributed by atoms with Crippen molar-refractivity contribution >= 4 is 16.5 Å². The van der Waals surface area contributed by atoms with Gasteiger partial charge in [0.2, 0.25) is 0 Å². The molecule has 0 saturated heterocycles. The second kappa shape index (κ2) is 4.85. The van der Waals surface area contributed by atoms with Crippen LogP contribution in [0.4, 0.5) is 10.1 Å². The second-order valence-electron chi connectivity index (χ2n) is 4.67. The number of fused-ring (bicyclic) bond motifs is 1. The zero-order chi connectivity index (χ0) is 14.1. The summed E-state index contributed by atoms with van der Waals surface area (Å²) in [6.45, 7) is 0. The average molecular weight is 267 g/mol. The Bertz CT molecular complexity index is 783. The third kappa shape index (κ3) is 2.18. The molecule has 3 aromatic rings. The molecular formula is C17H14FNO. The molecule has 0 bridgehead atoms. The van der Waals surface area contributed by atoms with Crippen molar-refractivity contribution in [2.45, 2.75) is 0 Å². The zero-order valence-corrected chi connectivity index (χ0v) is 11.1. The number of ether oxygens (including phenoxy) is 1. The molecule has 100 valence electrons. The van der Waals surface area contributed by atoms with Gasteiger partial charge in [0.25, 0.3) is 0 Å². The summed E-state index contributed by atoms with van der Waals surface area (Å²) >= 11 is 0. The van der Waals surface area contributed by atoms with Gasteiger partial charge in [0.1, 0.15) is 11.6 Å². The van der Waals surface area contributed by atoms with E-state index >= 15 is 0 Å². The van der Waals surface area contributed by atoms with E-state index in [2.05, 4.69) is 0 Å². The smallest absolute Gasteiger partial charge is 0.134 e. The molecule has 0 aliphatic carbocycles. The molecule has 2 N–H and O–H groups in total. The largest absolute Gasteiger partial charge is 0.497 e. The summed E-state index contributed by atoms with van der Waals surface area (Å²) in [6, 6.07) is 16.4. The number of anilines is 1. The van der Waals surface area contributed by atoms with Crippen molar-refractivity contribution in [1.82, 2.24) is 0 Å². The van der Waals surface area contributed by atoms with Gasteiger partial charge in [0.15, 0.2) is 0 Å². The maximum Gasteiger partial charge on any atom is 0.134 e. The minimum atomic E-state index is -0.292. The fraction of sp³-hybridized carbons (Fsp3) is 0.0588. The van der Waals surface area contributed by atoms with E-state index in [1.807, 2.05) is 36.4 Å². The van der Waals surface area contributed by atoms with Crippen LogP contribution in [-0.2, 0) is 0 Å². The number of rotatable bonds is 2. The molecule has 0 amide bonds. The molecule has 2 nitrogen and oxygen atoms in total. The van der Waals surface area contributed by atoms with Crippen molar-refractivity contribution in [3.63, 3.8) is 0 Å². The summed E-state index contributed by atoms with van der Waals surface area (Å²) in [5.41, 5.74) is 7.87. The highest BCUT2D eigenvalue weighted by molar-refractivity contribution is 5.89. The molecule has 3 rings (SSSR count). The van der Waals surface area contributed by atoms with E-state index in [1.165, 1.54) is 13.2 Å². The number of hydrogen-bond donors (Lipinski definition) is 1. The SMILES string of the molecule is COc1ccc(-c2ccc3cc(N)ccc3c2)c(F)c1. The first-order chi connectivity index (χ1) is 9.67. The molecule has 0 unspecified atom stereocenters. The minimum absolute atomic E-state index is 0.292. The van der Waals surface area contributed by atoms with Crippen molar-refractivity contribution in [2.75, 3.05) is 12.8 Å². The third-order valence-electron chi connectivity index (χ3n) is 3.35. The fourth-order valence-corrected chi connectivity index (χ4v) is 2.29. The zero-order valence-electron chi connectivity index (χ0n) is 11.1. The quantitative estimate of drug-likeness (QED) is 0.705. The summed E-state index contributed by atoms with van der Waals surface area (Å²) in [4.78, 5) is 0. The maximum atomic E-state index is 14.1. The molecular weight excluding hydrogens is 253 g/mol. The minimum Gasteiger partial charge on any atom is -0.497 e. The number of halogens is 1. The Kier molecular flexibility index (Phi) is 3.03. The molecule has 0 fully saturated rings. The highest BCUT2D eigenvalue weighted by Crippen LogP contribution is 2.29. The topological polar surface area (TPSA) is 35.2 Å². The van der Waals surface area contributed by atoms with E-state index in [1.54, 1.807) is 12.1 Å². The predicted octanol–water partition coefficient (Wildman–Crippen LogP) is 4.24. The van der Waals surface area contributed by atoms with Gasteiger partial charge in [-0.15, -0.1) is 0 Å². The van der Waals surface area contributed by atoms with Crippen molar-refractivity contribution in [1.29, 1.82) is 0 Å². The predicted molar refractivity (Wildman–Crippen MR) is 80.3 cm³/mol. The summed E-state index contributed by atoms with van der Waals surface area (Å²) in [5, 5.41) is 2.08. The Balaban J connectivity index is 2.12. The Morgan fingerprint density at radius 2 is 1.65 bits per heavy atom. The van der Waals surface area contributed by atoms with Crippen LogP contribution in [0.3, 0.4) is 0 Å². The molecule has 3 aromatic carbocycles. The lowest BCUT2D eigenvalue weighted by molar-refractivity contribution is 0.411. The van der Waals surface area contributed by atoms with E-state index in [0.717, 1.165) is 22.0 Å². The number of nitrogen functional groups attached to an aromatic ring is 1. The molecule has 20 heavy (non-hydrogen) atoms. The van der Waals surface area contributed by atoms with Crippen LogP contribution in [0.2, 0.25) is 0 Å². The van der Waals surface area contributed by atoms with Crippen LogP contribution in [0.25, 0.3) is 21.9 Å². The number of methoxy groups -OCH3 is 1. The van der Waals surface area contributed by atoms with Crippen molar-refractivity contribution in [3.8, 4) is 16.9 Å². The van der Waals surface area contributed by atoms with Crippen LogP contribution in [-0.4, -0.2) is 7.11 Å². The van der Waals surface area contributed by atoms with E-state index in [-0.39, 0.29) is 5.82 Å². The second-order valence-corrected chi connectivity index (χ2v) is 4.67. The normalized spacial score (nSPS) is 10.7. The molecule has 0 heterocycles.